The van der Waals surface area contributed by atoms with Gasteiger partial charge in [0.25, 0.3) is 11.8 Å². The third-order valence-electron chi connectivity index (χ3n) is 2.61. The van der Waals surface area contributed by atoms with Gasteiger partial charge in [0.05, 0.1) is 11.8 Å². The van der Waals surface area contributed by atoms with E-state index in [1.165, 1.54) is 18.4 Å². The summed E-state index contributed by atoms with van der Waals surface area (Å²) < 4.78 is 18.9. The number of nitrogens with one attached hydrogen (secondary N) is 1. The summed E-state index contributed by atoms with van der Waals surface area (Å²) in [4.78, 5) is 22.6. The van der Waals surface area contributed by atoms with Crippen molar-refractivity contribution in [2.75, 3.05) is 0 Å². The molecule has 1 aromatic heterocycles. The highest BCUT2D eigenvalue weighted by Gasteiger charge is 2.26. The molecular weight excluding hydrogens is 225 g/mol. The van der Waals surface area contributed by atoms with Crippen LogP contribution in [0.3, 0.4) is 0 Å². The highest BCUT2D eigenvalue weighted by molar-refractivity contribution is 6.35. The Kier molecular flexibility index (Phi) is 1.89. The SMILES string of the molecule is O=C1C=C(c2c(F)ccc3occc23)C(=O)N1. The van der Waals surface area contributed by atoms with Crippen molar-refractivity contribution in [3.8, 4) is 0 Å². The fraction of sp³-hybridized carbons (Fsp3) is 0. The van der Waals surface area contributed by atoms with Crippen LogP contribution in [0.4, 0.5) is 4.39 Å². The zero-order valence-electron chi connectivity index (χ0n) is 8.49. The molecule has 2 aromatic rings. The average Bonchev–Trinajstić information content (AvgIpc) is 2.85. The summed E-state index contributed by atoms with van der Waals surface area (Å²) in [6.07, 6.45) is 2.50. The van der Waals surface area contributed by atoms with Crippen LogP contribution < -0.4 is 5.32 Å². The van der Waals surface area contributed by atoms with Crippen molar-refractivity contribution >= 4 is 28.4 Å². The van der Waals surface area contributed by atoms with Crippen LogP contribution in [-0.2, 0) is 9.59 Å². The van der Waals surface area contributed by atoms with Gasteiger partial charge in [0, 0.05) is 17.0 Å². The van der Waals surface area contributed by atoms with E-state index in [9.17, 15) is 14.0 Å². The highest BCUT2D eigenvalue weighted by Crippen LogP contribution is 2.30. The second-order valence-corrected chi connectivity index (χ2v) is 3.63. The molecule has 0 saturated carbocycles. The van der Waals surface area contributed by atoms with Crippen LogP contribution in [0.5, 0.6) is 0 Å². The summed E-state index contributed by atoms with van der Waals surface area (Å²) in [6.45, 7) is 0. The van der Waals surface area contributed by atoms with Crippen LogP contribution in [0.1, 0.15) is 5.56 Å². The highest BCUT2D eigenvalue weighted by atomic mass is 19.1. The molecule has 1 aliphatic heterocycles. The lowest BCUT2D eigenvalue weighted by atomic mass is 10.0. The number of furan rings is 1. The molecule has 2 amide bonds. The van der Waals surface area contributed by atoms with Crippen molar-refractivity contribution < 1.29 is 18.4 Å². The minimum Gasteiger partial charge on any atom is -0.464 e. The molecule has 1 N–H and O–H groups in total. The third kappa shape index (κ3) is 1.36. The van der Waals surface area contributed by atoms with Crippen LogP contribution in [0.25, 0.3) is 16.5 Å². The Morgan fingerprint density at radius 1 is 1.18 bits per heavy atom. The van der Waals surface area contributed by atoms with Gasteiger partial charge in [-0.3, -0.25) is 14.9 Å². The standard InChI is InChI=1S/C12H6FNO3/c13-8-1-2-9-6(3-4-17-9)11(8)7-5-10(15)14-12(7)16/h1-5H,(H,14,15,16). The molecule has 0 atom stereocenters. The topological polar surface area (TPSA) is 59.3 Å². The monoisotopic (exact) mass is 231 g/mol. The molecule has 1 aliphatic rings. The van der Waals surface area contributed by atoms with Gasteiger partial charge in [-0.25, -0.2) is 4.39 Å². The van der Waals surface area contributed by atoms with Gasteiger partial charge >= 0.3 is 0 Å². The quantitative estimate of drug-likeness (QED) is 0.758. The van der Waals surface area contributed by atoms with E-state index in [1.54, 1.807) is 6.07 Å². The first-order chi connectivity index (χ1) is 8.16. The summed E-state index contributed by atoms with van der Waals surface area (Å²) in [5.74, 6) is -1.69. The molecule has 2 heterocycles. The summed E-state index contributed by atoms with van der Waals surface area (Å²) in [6, 6.07) is 4.24. The predicted molar refractivity (Wildman–Crippen MR) is 57.3 cm³/mol. The molecule has 4 nitrogen and oxygen atoms in total. The van der Waals surface area contributed by atoms with Gasteiger partial charge in [-0.1, -0.05) is 0 Å². The van der Waals surface area contributed by atoms with Gasteiger partial charge in [0.1, 0.15) is 11.4 Å². The van der Waals surface area contributed by atoms with Crippen molar-refractivity contribution in [1.29, 1.82) is 0 Å². The minimum atomic E-state index is -0.595. The number of hydrogen-bond donors (Lipinski definition) is 1. The van der Waals surface area contributed by atoms with Gasteiger partial charge in [-0.05, 0) is 18.2 Å². The number of amides is 2. The van der Waals surface area contributed by atoms with Gasteiger partial charge < -0.3 is 4.42 Å². The first kappa shape index (κ1) is 9.77. The second kappa shape index (κ2) is 3.28. The first-order valence-electron chi connectivity index (χ1n) is 4.90. The number of fused-ring (bicyclic) bond motifs is 1. The Balaban J connectivity index is 2.33. The van der Waals surface area contributed by atoms with Crippen molar-refractivity contribution in [1.82, 2.24) is 5.32 Å². The molecule has 0 saturated heterocycles. The number of hydrogen-bond acceptors (Lipinski definition) is 3. The fourth-order valence-corrected chi connectivity index (χ4v) is 1.89. The van der Waals surface area contributed by atoms with Crippen molar-refractivity contribution in [3.05, 3.63) is 41.9 Å². The maximum absolute atomic E-state index is 13.8. The van der Waals surface area contributed by atoms with Crippen molar-refractivity contribution in [2.45, 2.75) is 0 Å². The van der Waals surface area contributed by atoms with E-state index < -0.39 is 17.6 Å². The number of benzene rings is 1. The van der Waals surface area contributed by atoms with E-state index in [0.29, 0.717) is 11.0 Å². The Hall–Kier alpha value is -2.43. The molecule has 84 valence electrons. The van der Waals surface area contributed by atoms with E-state index in [4.69, 9.17) is 4.42 Å². The summed E-state index contributed by atoms with van der Waals surface area (Å²) in [7, 11) is 0. The lowest BCUT2D eigenvalue weighted by molar-refractivity contribution is -0.123. The minimum absolute atomic E-state index is 0.0273. The van der Waals surface area contributed by atoms with E-state index in [0.717, 1.165) is 6.08 Å². The zero-order valence-corrected chi connectivity index (χ0v) is 8.49. The Morgan fingerprint density at radius 2 is 2.00 bits per heavy atom. The van der Waals surface area contributed by atoms with Crippen LogP contribution in [-0.4, -0.2) is 11.8 Å². The maximum Gasteiger partial charge on any atom is 0.259 e. The smallest absolute Gasteiger partial charge is 0.259 e. The van der Waals surface area contributed by atoms with Crippen molar-refractivity contribution in [3.63, 3.8) is 0 Å². The third-order valence-corrected chi connectivity index (χ3v) is 2.61. The van der Waals surface area contributed by atoms with E-state index in [-0.39, 0.29) is 11.1 Å². The van der Waals surface area contributed by atoms with Gasteiger partial charge in [0.15, 0.2) is 0 Å². The number of rotatable bonds is 1. The number of halogens is 1. The predicted octanol–water partition coefficient (Wildman–Crippen LogP) is 1.61. The molecular formula is C12H6FNO3. The van der Waals surface area contributed by atoms with Gasteiger partial charge in [-0.2, -0.15) is 0 Å². The molecule has 17 heavy (non-hydrogen) atoms. The summed E-state index contributed by atoms with van der Waals surface area (Å²) in [5.41, 5.74) is 0.591. The van der Waals surface area contributed by atoms with Crippen LogP contribution in [0, 0.1) is 5.82 Å². The maximum atomic E-state index is 13.8. The average molecular weight is 231 g/mol. The molecule has 0 aliphatic carbocycles. The lowest BCUT2D eigenvalue weighted by Crippen LogP contribution is -2.22. The van der Waals surface area contributed by atoms with Crippen molar-refractivity contribution in [2.24, 2.45) is 0 Å². The first-order valence-corrected chi connectivity index (χ1v) is 4.90. The Labute approximate surface area is 94.7 Å². The van der Waals surface area contributed by atoms with Crippen LogP contribution in [0.15, 0.2) is 35.0 Å². The largest absolute Gasteiger partial charge is 0.464 e. The molecule has 0 bridgehead atoms. The summed E-state index contributed by atoms with van der Waals surface area (Å²) >= 11 is 0. The molecule has 0 radical (unpaired) electrons. The molecule has 0 spiro atoms. The molecule has 1 aromatic carbocycles. The molecule has 5 heteroatoms. The molecule has 3 rings (SSSR count). The summed E-state index contributed by atoms with van der Waals surface area (Å²) in [5, 5.41) is 2.55. The van der Waals surface area contributed by atoms with Gasteiger partial charge in [-0.15, -0.1) is 0 Å². The zero-order chi connectivity index (χ0) is 12.0. The van der Waals surface area contributed by atoms with Crippen LogP contribution >= 0.6 is 0 Å². The van der Waals surface area contributed by atoms with Crippen LogP contribution in [0.2, 0.25) is 0 Å². The van der Waals surface area contributed by atoms with E-state index in [2.05, 4.69) is 5.32 Å². The normalized spacial score (nSPS) is 15.2. The molecule has 0 fully saturated rings. The van der Waals surface area contributed by atoms with Gasteiger partial charge in [0.2, 0.25) is 0 Å². The molecule has 0 unspecified atom stereocenters. The fourth-order valence-electron chi connectivity index (χ4n) is 1.89. The lowest BCUT2D eigenvalue weighted by Gasteiger charge is -2.03. The van der Waals surface area contributed by atoms with E-state index in [1.807, 2.05) is 0 Å². The Morgan fingerprint density at radius 3 is 2.71 bits per heavy atom. The number of imide groups is 1. The second-order valence-electron chi connectivity index (χ2n) is 3.63. The Bertz CT molecular complexity index is 684. The van der Waals surface area contributed by atoms with E-state index >= 15 is 0 Å². The number of carbonyl (C=O) groups is 2. The number of carbonyl (C=O) groups excluding carboxylic acids is 2.